The molecular formula is C21H18F3N5O3. The van der Waals surface area contributed by atoms with Gasteiger partial charge in [-0.05, 0) is 37.3 Å². The molecule has 8 nitrogen and oxygen atoms in total. The van der Waals surface area contributed by atoms with E-state index in [2.05, 4.69) is 15.4 Å². The Bertz CT molecular complexity index is 1170. The molecule has 0 unspecified atom stereocenters. The summed E-state index contributed by atoms with van der Waals surface area (Å²) in [4.78, 5) is 31.4. The highest BCUT2D eigenvalue weighted by Crippen LogP contribution is 2.33. The monoisotopic (exact) mass is 445 g/mol. The van der Waals surface area contributed by atoms with Crippen molar-refractivity contribution in [2.45, 2.75) is 25.7 Å². The van der Waals surface area contributed by atoms with Gasteiger partial charge in [0.25, 0.3) is 11.8 Å². The number of hydrogen-bond acceptors (Lipinski definition) is 5. The number of carbonyl (C=O) groups is 2. The number of nitrogens with zero attached hydrogens (tertiary/aromatic N) is 4. The third-order valence-electron chi connectivity index (χ3n) is 5.19. The summed E-state index contributed by atoms with van der Waals surface area (Å²) in [7, 11) is 0. The summed E-state index contributed by atoms with van der Waals surface area (Å²) in [6.45, 7) is 1.64. The van der Waals surface area contributed by atoms with Gasteiger partial charge in [0, 0.05) is 24.0 Å². The SMILES string of the molecule is C[C@H]1CN(c2ccc(C(F)(F)F)cc2)C(=O)c2c(C(=O)Nc3cnccc3CO)cnn21. The minimum Gasteiger partial charge on any atom is -0.392 e. The first-order chi connectivity index (χ1) is 15.2. The van der Waals surface area contributed by atoms with E-state index in [4.69, 9.17) is 0 Å². The average Bonchev–Trinajstić information content (AvgIpc) is 3.22. The first-order valence-electron chi connectivity index (χ1n) is 9.62. The van der Waals surface area contributed by atoms with Gasteiger partial charge in [-0.2, -0.15) is 18.3 Å². The number of pyridine rings is 1. The van der Waals surface area contributed by atoms with Gasteiger partial charge in [-0.15, -0.1) is 0 Å². The Morgan fingerprint density at radius 3 is 2.59 bits per heavy atom. The first kappa shape index (κ1) is 21.5. The lowest BCUT2D eigenvalue weighted by atomic mass is 10.1. The summed E-state index contributed by atoms with van der Waals surface area (Å²) >= 11 is 0. The number of aromatic nitrogens is 3. The molecule has 1 atom stereocenters. The fraction of sp³-hybridized carbons (Fsp3) is 0.238. The zero-order valence-electron chi connectivity index (χ0n) is 16.8. The molecule has 2 aromatic heterocycles. The number of aliphatic hydroxyl groups excluding tert-OH is 1. The molecule has 1 aliphatic heterocycles. The Kier molecular flexibility index (Phi) is 5.43. The van der Waals surface area contributed by atoms with Gasteiger partial charge in [0.05, 0.1) is 41.9 Å². The van der Waals surface area contributed by atoms with Gasteiger partial charge in [0.1, 0.15) is 5.69 Å². The maximum absolute atomic E-state index is 13.2. The third-order valence-corrected chi connectivity index (χ3v) is 5.19. The molecule has 166 valence electrons. The van der Waals surface area contributed by atoms with E-state index < -0.39 is 23.6 Å². The number of alkyl halides is 3. The van der Waals surface area contributed by atoms with Crippen LogP contribution in [-0.2, 0) is 12.8 Å². The normalized spacial score (nSPS) is 16.1. The van der Waals surface area contributed by atoms with Gasteiger partial charge in [0.2, 0.25) is 0 Å². The standard InChI is InChI=1S/C21H18F3N5O3/c1-12-10-28(15-4-2-14(3-5-15)21(22,23)24)20(32)18-16(8-26-29(12)18)19(31)27-17-9-25-7-6-13(17)11-30/h2-9,12,30H,10-11H2,1H3,(H,27,31)/t12-/m0/s1. The molecule has 0 saturated heterocycles. The highest BCUT2D eigenvalue weighted by atomic mass is 19.4. The van der Waals surface area contributed by atoms with Crippen LogP contribution < -0.4 is 10.2 Å². The van der Waals surface area contributed by atoms with E-state index in [0.29, 0.717) is 5.56 Å². The van der Waals surface area contributed by atoms with Gasteiger partial charge in [-0.1, -0.05) is 0 Å². The molecule has 0 aliphatic carbocycles. The molecule has 3 aromatic rings. The molecule has 0 radical (unpaired) electrons. The topological polar surface area (TPSA) is 100 Å². The van der Waals surface area contributed by atoms with Crippen molar-refractivity contribution in [3.05, 3.63) is 71.3 Å². The molecule has 1 aromatic carbocycles. The number of carbonyl (C=O) groups excluding carboxylic acids is 2. The van der Waals surface area contributed by atoms with Crippen LogP contribution in [0, 0.1) is 0 Å². The second kappa shape index (κ2) is 8.08. The summed E-state index contributed by atoms with van der Waals surface area (Å²) in [5.74, 6) is -1.18. The van der Waals surface area contributed by atoms with Crippen molar-refractivity contribution in [1.29, 1.82) is 0 Å². The molecular weight excluding hydrogens is 427 g/mol. The number of fused-ring (bicyclic) bond motifs is 1. The zero-order valence-corrected chi connectivity index (χ0v) is 16.8. The summed E-state index contributed by atoms with van der Waals surface area (Å²) in [6, 6.07) is 5.49. The summed E-state index contributed by atoms with van der Waals surface area (Å²) in [5.41, 5.74) is 0.224. The van der Waals surface area contributed by atoms with Crippen molar-refractivity contribution < 1.29 is 27.9 Å². The smallest absolute Gasteiger partial charge is 0.392 e. The van der Waals surface area contributed by atoms with Crippen LogP contribution in [0.15, 0.2) is 48.9 Å². The maximum atomic E-state index is 13.2. The van der Waals surface area contributed by atoms with E-state index in [1.807, 2.05) is 0 Å². The fourth-order valence-electron chi connectivity index (χ4n) is 3.54. The third kappa shape index (κ3) is 3.82. The molecule has 2 amide bonds. The van der Waals surface area contributed by atoms with Crippen molar-refractivity contribution in [2.75, 3.05) is 16.8 Å². The Morgan fingerprint density at radius 2 is 1.94 bits per heavy atom. The van der Waals surface area contributed by atoms with Gasteiger partial charge < -0.3 is 15.3 Å². The van der Waals surface area contributed by atoms with Crippen LogP contribution in [0.5, 0.6) is 0 Å². The Hall–Kier alpha value is -3.73. The average molecular weight is 445 g/mol. The number of benzene rings is 1. The quantitative estimate of drug-likeness (QED) is 0.642. The van der Waals surface area contributed by atoms with Gasteiger partial charge >= 0.3 is 6.18 Å². The van der Waals surface area contributed by atoms with Crippen molar-refractivity contribution >= 4 is 23.2 Å². The summed E-state index contributed by atoms with van der Waals surface area (Å²) < 4.78 is 40.0. The van der Waals surface area contributed by atoms with E-state index in [1.165, 1.54) is 40.3 Å². The van der Waals surface area contributed by atoms with Crippen LogP contribution in [0.2, 0.25) is 0 Å². The number of aliphatic hydroxyl groups is 1. The number of nitrogens with one attached hydrogen (secondary N) is 1. The lowest BCUT2D eigenvalue weighted by Gasteiger charge is -2.32. The van der Waals surface area contributed by atoms with Crippen LogP contribution in [0.25, 0.3) is 0 Å². The molecule has 1 aliphatic rings. The second-order valence-electron chi connectivity index (χ2n) is 7.31. The van der Waals surface area contributed by atoms with Crippen LogP contribution in [0.3, 0.4) is 0 Å². The molecule has 3 heterocycles. The lowest BCUT2D eigenvalue weighted by molar-refractivity contribution is -0.137. The fourth-order valence-corrected chi connectivity index (χ4v) is 3.54. The molecule has 32 heavy (non-hydrogen) atoms. The van der Waals surface area contributed by atoms with Crippen molar-refractivity contribution in [1.82, 2.24) is 14.8 Å². The van der Waals surface area contributed by atoms with E-state index in [9.17, 15) is 27.9 Å². The highest BCUT2D eigenvalue weighted by molar-refractivity contribution is 6.15. The number of rotatable bonds is 4. The van der Waals surface area contributed by atoms with Gasteiger partial charge in [0.15, 0.2) is 0 Å². The van der Waals surface area contributed by atoms with E-state index >= 15 is 0 Å². The van der Waals surface area contributed by atoms with Crippen LogP contribution in [-0.4, -0.2) is 38.2 Å². The molecule has 0 bridgehead atoms. The minimum atomic E-state index is -4.48. The van der Waals surface area contributed by atoms with Crippen LogP contribution in [0.4, 0.5) is 24.5 Å². The predicted molar refractivity (Wildman–Crippen MR) is 108 cm³/mol. The second-order valence-corrected chi connectivity index (χ2v) is 7.31. The summed E-state index contributed by atoms with van der Waals surface area (Å²) in [6.07, 6.45) is -0.375. The number of amides is 2. The van der Waals surface area contributed by atoms with Crippen molar-refractivity contribution in [2.24, 2.45) is 0 Å². The van der Waals surface area contributed by atoms with E-state index in [0.717, 1.165) is 12.1 Å². The first-order valence-corrected chi connectivity index (χ1v) is 9.62. The maximum Gasteiger partial charge on any atom is 0.416 e. The Balaban J connectivity index is 1.65. The van der Waals surface area contributed by atoms with Crippen LogP contribution in [0.1, 0.15) is 44.9 Å². The van der Waals surface area contributed by atoms with Crippen LogP contribution >= 0.6 is 0 Å². The zero-order chi connectivity index (χ0) is 23.0. The predicted octanol–water partition coefficient (Wildman–Crippen LogP) is 3.26. The van der Waals surface area contributed by atoms with Crippen molar-refractivity contribution in [3.63, 3.8) is 0 Å². The lowest BCUT2D eigenvalue weighted by Crippen LogP contribution is -2.43. The van der Waals surface area contributed by atoms with E-state index in [1.54, 1.807) is 13.0 Å². The number of halogens is 3. The Morgan fingerprint density at radius 1 is 1.22 bits per heavy atom. The molecule has 2 N–H and O–H groups in total. The molecule has 11 heteroatoms. The van der Waals surface area contributed by atoms with Crippen molar-refractivity contribution in [3.8, 4) is 0 Å². The van der Waals surface area contributed by atoms with Gasteiger partial charge in [-0.3, -0.25) is 19.3 Å². The van der Waals surface area contributed by atoms with E-state index in [-0.39, 0.29) is 41.8 Å². The molecule has 0 spiro atoms. The van der Waals surface area contributed by atoms with Gasteiger partial charge in [-0.25, -0.2) is 0 Å². The highest BCUT2D eigenvalue weighted by Gasteiger charge is 2.36. The summed E-state index contributed by atoms with van der Waals surface area (Å²) in [5, 5.41) is 16.2. The molecule has 0 fully saturated rings. The Labute approximate surface area is 180 Å². The molecule has 4 rings (SSSR count). The number of anilines is 2. The largest absolute Gasteiger partial charge is 0.416 e. The molecule has 0 saturated carbocycles. The number of hydrogen-bond donors (Lipinski definition) is 2. The minimum absolute atomic E-state index is 0.00574.